The van der Waals surface area contributed by atoms with E-state index < -0.39 is 5.97 Å². The molecule has 106 valence electrons. The highest BCUT2D eigenvalue weighted by Crippen LogP contribution is 2.59. The Kier molecular flexibility index (Phi) is 2.76. The van der Waals surface area contributed by atoms with Crippen LogP contribution in [0.25, 0.3) is 0 Å². The fourth-order valence-electron chi connectivity index (χ4n) is 5.19. The number of benzene rings is 1. The number of anilines is 1. The van der Waals surface area contributed by atoms with E-state index in [9.17, 15) is 4.79 Å². The molecule has 0 amide bonds. The number of carboxylic acids is 1. The van der Waals surface area contributed by atoms with Crippen molar-refractivity contribution in [2.45, 2.75) is 38.1 Å². The van der Waals surface area contributed by atoms with E-state index in [4.69, 9.17) is 5.11 Å². The molecule has 2 bridgehead atoms. The molecule has 3 nitrogen and oxygen atoms in total. The highest BCUT2D eigenvalue weighted by molar-refractivity contribution is 5.88. The predicted molar refractivity (Wildman–Crippen MR) is 77.9 cm³/mol. The maximum Gasteiger partial charge on any atom is 0.335 e. The minimum Gasteiger partial charge on any atom is -0.478 e. The van der Waals surface area contributed by atoms with Gasteiger partial charge in [-0.1, -0.05) is 12.5 Å². The molecule has 3 aliphatic rings. The van der Waals surface area contributed by atoms with E-state index in [1.165, 1.54) is 32.1 Å². The number of hydrogen-bond donors (Lipinski definition) is 2. The average Bonchev–Trinajstić information content (AvgIpc) is 3.10. The molecule has 5 unspecified atom stereocenters. The Bertz CT molecular complexity index is 542. The molecule has 3 heteroatoms. The number of aromatic carboxylic acids is 1. The Morgan fingerprint density at radius 2 is 2.00 bits per heavy atom. The molecule has 0 saturated heterocycles. The largest absolute Gasteiger partial charge is 0.478 e. The van der Waals surface area contributed by atoms with Crippen LogP contribution in [0, 0.1) is 23.7 Å². The van der Waals surface area contributed by atoms with E-state index in [-0.39, 0.29) is 0 Å². The molecule has 4 rings (SSSR count). The lowest BCUT2D eigenvalue weighted by molar-refractivity contribution is 0.0697. The number of carbonyl (C=O) groups is 1. The van der Waals surface area contributed by atoms with E-state index in [1.807, 2.05) is 12.1 Å². The van der Waals surface area contributed by atoms with Crippen LogP contribution in [-0.4, -0.2) is 17.1 Å². The lowest BCUT2D eigenvalue weighted by Gasteiger charge is -2.32. The topological polar surface area (TPSA) is 49.3 Å². The van der Waals surface area contributed by atoms with Crippen LogP contribution in [0.2, 0.25) is 0 Å². The van der Waals surface area contributed by atoms with Crippen molar-refractivity contribution in [2.24, 2.45) is 23.7 Å². The normalized spacial score (nSPS) is 37.9. The summed E-state index contributed by atoms with van der Waals surface area (Å²) in [6.45, 7) is 0. The van der Waals surface area contributed by atoms with Gasteiger partial charge in [0.15, 0.2) is 0 Å². The Hall–Kier alpha value is -1.51. The first-order valence-electron chi connectivity index (χ1n) is 7.82. The van der Waals surface area contributed by atoms with Crippen molar-refractivity contribution in [3.63, 3.8) is 0 Å². The zero-order valence-electron chi connectivity index (χ0n) is 11.6. The predicted octanol–water partition coefficient (Wildman–Crippen LogP) is 3.62. The number of carboxylic acid groups (broad SMARTS) is 1. The van der Waals surface area contributed by atoms with Crippen LogP contribution in [0.1, 0.15) is 42.5 Å². The van der Waals surface area contributed by atoms with Gasteiger partial charge in [0.05, 0.1) is 5.56 Å². The summed E-state index contributed by atoms with van der Waals surface area (Å²) in [6.07, 6.45) is 6.96. The highest BCUT2D eigenvalue weighted by atomic mass is 16.4. The molecule has 0 heterocycles. The third-order valence-corrected chi connectivity index (χ3v) is 5.89. The molecular formula is C17H21NO2. The maximum absolute atomic E-state index is 11.0. The van der Waals surface area contributed by atoms with Crippen LogP contribution in [-0.2, 0) is 0 Å². The van der Waals surface area contributed by atoms with Crippen molar-refractivity contribution in [3.8, 4) is 0 Å². The molecule has 0 aliphatic heterocycles. The van der Waals surface area contributed by atoms with Crippen LogP contribution in [0.4, 0.5) is 5.69 Å². The third kappa shape index (κ3) is 1.83. The van der Waals surface area contributed by atoms with Gasteiger partial charge in [0.25, 0.3) is 0 Å². The van der Waals surface area contributed by atoms with Gasteiger partial charge in [-0.25, -0.2) is 4.79 Å². The van der Waals surface area contributed by atoms with Gasteiger partial charge < -0.3 is 10.4 Å². The van der Waals surface area contributed by atoms with Gasteiger partial charge in [-0.3, -0.25) is 0 Å². The molecule has 0 radical (unpaired) electrons. The minimum absolute atomic E-state index is 0.372. The summed E-state index contributed by atoms with van der Waals surface area (Å²) in [5, 5.41) is 12.7. The number of nitrogens with one attached hydrogen (secondary N) is 1. The van der Waals surface area contributed by atoms with E-state index in [2.05, 4.69) is 5.32 Å². The Morgan fingerprint density at radius 3 is 2.85 bits per heavy atom. The summed E-state index contributed by atoms with van der Waals surface area (Å²) in [7, 11) is 0. The van der Waals surface area contributed by atoms with Gasteiger partial charge in [0.1, 0.15) is 0 Å². The summed E-state index contributed by atoms with van der Waals surface area (Å²) in [4.78, 5) is 11.0. The Balaban J connectivity index is 1.50. The van der Waals surface area contributed by atoms with E-state index in [0.717, 1.165) is 29.4 Å². The lowest BCUT2D eigenvalue weighted by Crippen LogP contribution is -2.33. The first-order valence-corrected chi connectivity index (χ1v) is 7.82. The van der Waals surface area contributed by atoms with E-state index in [1.54, 1.807) is 12.1 Å². The van der Waals surface area contributed by atoms with E-state index >= 15 is 0 Å². The molecule has 3 aliphatic carbocycles. The SMILES string of the molecule is O=C(O)c1cccc(NC2CC3CC2C2CCCC32)c1. The zero-order valence-corrected chi connectivity index (χ0v) is 11.6. The summed E-state index contributed by atoms with van der Waals surface area (Å²) in [5.41, 5.74) is 1.34. The van der Waals surface area contributed by atoms with Crippen molar-refractivity contribution in [3.05, 3.63) is 29.8 Å². The van der Waals surface area contributed by atoms with Gasteiger partial charge >= 0.3 is 5.97 Å². The standard InChI is InChI=1S/C17H21NO2/c19-17(20)10-3-1-4-12(7-10)18-16-9-11-8-15(16)14-6-2-5-13(11)14/h1,3-4,7,11,13-16,18H,2,5-6,8-9H2,(H,19,20). The first-order chi connectivity index (χ1) is 9.72. The molecule has 1 aromatic rings. The molecule has 5 atom stereocenters. The highest BCUT2D eigenvalue weighted by Gasteiger charge is 2.53. The van der Waals surface area contributed by atoms with Crippen molar-refractivity contribution in [1.82, 2.24) is 0 Å². The average molecular weight is 271 g/mol. The number of fused-ring (bicyclic) bond motifs is 5. The van der Waals surface area contributed by atoms with Gasteiger partial charge in [-0.2, -0.15) is 0 Å². The van der Waals surface area contributed by atoms with Gasteiger partial charge in [-0.05, 0) is 67.6 Å². The fourth-order valence-corrected chi connectivity index (χ4v) is 5.19. The first kappa shape index (κ1) is 12.2. The van der Waals surface area contributed by atoms with Gasteiger partial charge in [0, 0.05) is 11.7 Å². The van der Waals surface area contributed by atoms with Crippen molar-refractivity contribution < 1.29 is 9.90 Å². The smallest absolute Gasteiger partial charge is 0.335 e. The quantitative estimate of drug-likeness (QED) is 0.882. The second-order valence-electron chi connectivity index (χ2n) is 6.79. The summed E-state index contributed by atoms with van der Waals surface area (Å²) < 4.78 is 0. The second-order valence-corrected chi connectivity index (χ2v) is 6.79. The molecule has 0 aromatic heterocycles. The molecule has 3 saturated carbocycles. The minimum atomic E-state index is -0.850. The van der Waals surface area contributed by atoms with Crippen LogP contribution >= 0.6 is 0 Å². The Morgan fingerprint density at radius 1 is 1.15 bits per heavy atom. The fraction of sp³-hybridized carbons (Fsp3) is 0.588. The Labute approximate surface area is 119 Å². The maximum atomic E-state index is 11.0. The number of hydrogen-bond acceptors (Lipinski definition) is 2. The monoisotopic (exact) mass is 271 g/mol. The van der Waals surface area contributed by atoms with Gasteiger partial charge in [0.2, 0.25) is 0 Å². The van der Waals surface area contributed by atoms with Crippen molar-refractivity contribution >= 4 is 11.7 Å². The molecule has 2 N–H and O–H groups in total. The van der Waals surface area contributed by atoms with Crippen LogP contribution in [0.3, 0.4) is 0 Å². The van der Waals surface area contributed by atoms with Crippen molar-refractivity contribution in [2.75, 3.05) is 5.32 Å². The molecular weight excluding hydrogens is 250 g/mol. The van der Waals surface area contributed by atoms with Gasteiger partial charge in [-0.15, -0.1) is 0 Å². The van der Waals surface area contributed by atoms with Crippen molar-refractivity contribution in [1.29, 1.82) is 0 Å². The van der Waals surface area contributed by atoms with E-state index in [0.29, 0.717) is 11.6 Å². The summed E-state index contributed by atoms with van der Waals surface area (Å²) in [5.74, 6) is 2.84. The molecule has 3 fully saturated rings. The summed E-state index contributed by atoms with van der Waals surface area (Å²) in [6, 6.07) is 7.80. The molecule has 20 heavy (non-hydrogen) atoms. The molecule has 0 spiro atoms. The third-order valence-electron chi connectivity index (χ3n) is 5.89. The zero-order chi connectivity index (χ0) is 13.7. The van der Waals surface area contributed by atoms with Crippen LogP contribution < -0.4 is 5.32 Å². The molecule has 1 aromatic carbocycles. The second kappa shape index (κ2) is 4.51. The lowest BCUT2D eigenvalue weighted by atomic mass is 9.79. The van der Waals surface area contributed by atoms with Crippen LogP contribution in [0.15, 0.2) is 24.3 Å². The number of rotatable bonds is 3. The summed E-state index contributed by atoms with van der Waals surface area (Å²) >= 11 is 0. The van der Waals surface area contributed by atoms with Crippen LogP contribution in [0.5, 0.6) is 0 Å².